The molecule has 134 valence electrons. The summed E-state index contributed by atoms with van der Waals surface area (Å²) in [4.78, 5) is 39.6. The summed E-state index contributed by atoms with van der Waals surface area (Å²) in [7, 11) is 3.35. The first-order valence-electron chi connectivity index (χ1n) is 7.79. The molecule has 4 amide bonds. The van der Waals surface area contributed by atoms with Crippen LogP contribution in [-0.2, 0) is 9.59 Å². The van der Waals surface area contributed by atoms with Crippen LogP contribution in [-0.4, -0.2) is 72.3 Å². The van der Waals surface area contributed by atoms with Crippen molar-refractivity contribution in [1.29, 1.82) is 0 Å². The van der Waals surface area contributed by atoms with E-state index in [4.69, 9.17) is 5.73 Å². The van der Waals surface area contributed by atoms with Gasteiger partial charge in [0.1, 0.15) is 6.54 Å². The standard InChI is InChI=1S/C15H28N4O3.ClH/c1-11(2)12(16)7-9-17(3)13(20)6-5-8-19-14(21)10-18(4)15(19)22;/h11-12H,5-10,16H2,1-4H3;1H. The number of halogens is 1. The van der Waals surface area contributed by atoms with Gasteiger partial charge >= 0.3 is 6.03 Å². The lowest BCUT2D eigenvalue weighted by Crippen LogP contribution is -2.36. The normalized spacial score (nSPS) is 15.9. The van der Waals surface area contributed by atoms with E-state index in [9.17, 15) is 14.4 Å². The van der Waals surface area contributed by atoms with E-state index in [-0.39, 0.29) is 42.8 Å². The Morgan fingerprint density at radius 2 is 1.96 bits per heavy atom. The van der Waals surface area contributed by atoms with Gasteiger partial charge in [-0.25, -0.2) is 4.79 Å². The van der Waals surface area contributed by atoms with Gasteiger partial charge < -0.3 is 15.5 Å². The summed E-state index contributed by atoms with van der Waals surface area (Å²) in [5.74, 6) is 0.215. The molecule has 0 aromatic carbocycles. The maximum absolute atomic E-state index is 12.0. The molecule has 0 spiro atoms. The fourth-order valence-electron chi connectivity index (χ4n) is 2.27. The number of hydrogen-bond donors (Lipinski definition) is 1. The van der Waals surface area contributed by atoms with E-state index in [1.807, 2.05) is 0 Å². The Labute approximate surface area is 144 Å². The molecule has 1 saturated heterocycles. The molecule has 0 saturated carbocycles. The van der Waals surface area contributed by atoms with Crippen molar-refractivity contribution in [3.05, 3.63) is 0 Å². The second-order valence-electron chi connectivity index (χ2n) is 6.30. The quantitative estimate of drug-likeness (QED) is 0.661. The van der Waals surface area contributed by atoms with Crippen LogP contribution < -0.4 is 5.73 Å². The average molecular weight is 349 g/mol. The fourth-order valence-corrected chi connectivity index (χ4v) is 2.27. The number of urea groups is 1. The molecule has 1 aliphatic rings. The molecule has 1 atom stereocenters. The highest BCUT2D eigenvalue weighted by Crippen LogP contribution is 2.10. The molecule has 2 N–H and O–H groups in total. The second-order valence-corrected chi connectivity index (χ2v) is 6.30. The number of imide groups is 1. The van der Waals surface area contributed by atoms with Crippen molar-refractivity contribution in [3.8, 4) is 0 Å². The molecule has 0 bridgehead atoms. The minimum atomic E-state index is -0.284. The molecule has 8 heteroatoms. The highest BCUT2D eigenvalue weighted by molar-refractivity contribution is 6.01. The predicted octanol–water partition coefficient (Wildman–Crippen LogP) is 0.914. The predicted molar refractivity (Wildman–Crippen MR) is 91.3 cm³/mol. The van der Waals surface area contributed by atoms with Crippen molar-refractivity contribution in [1.82, 2.24) is 14.7 Å². The first-order valence-corrected chi connectivity index (χ1v) is 7.79. The van der Waals surface area contributed by atoms with Crippen molar-refractivity contribution >= 4 is 30.3 Å². The molecule has 1 fully saturated rings. The summed E-state index contributed by atoms with van der Waals surface area (Å²) in [6.07, 6.45) is 1.59. The summed E-state index contributed by atoms with van der Waals surface area (Å²) in [5.41, 5.74) is 5.97. The van der Waals surface area contributed by atoms with Gasteiger partial charge in [-0.15, -0.1) is 12.4 Å². The zero-order chi connectivity index (χ0) is 16.9. The smallest absolute Gasteiger partial charge is 0.326 e. The molecular weight excluding hydrogens is 320 g/mol. The van der Waals surface area contributed by atoms with Crippen LogP contribution in [0.4, 0.5) is 4.79 Å². The van der Waals surface area contributed by atoms with E-state index in [2.05, 4.69) is 13.8 Å². The van der Waals surface area contributed by atoms with Crippen molar-refractivity contribution < 1.29 is 14.4 Å². The molecule has 1 unspecified atom stereocenters. The van der Waals surface area contributed by atoms with Gasteiger partial charge in [-0.2, -0.15) is 0 Å². The minimum absolute atomic E-state index is 0. The van der Waals surface area contributed by atoms with Gasteiger partial charge in [0, 0.05) is 39.6 Å². The highest BCUT2D eigenvalue weighted by Gasteiger charge is 2.32. The number of carbonyl (C=O) groups is 3. The molecule has 0 aromatic heterocycles. The van der Waals surface area contributed by atoms with E-state index in [0.29, 0.717) is 31.8 Å². The Balaban J connectivity index is 0.00000484. The van der Waals surface area contributed by atoms with E-state index < -0.39 is 0 Å². The van der Waals surface area contributed by atoms with E-state index in [1.165, 1.54) is 9.80 Å². The average Bonchev–Trinajstić information content (AvgIpc) is 2.70. The lowest BCUT2D eigenvalue weighted by Gasteiger charge is -2.22. The van der Waals surface area contributed by atoms with Crippen LogP contribution in [0.5, 0.6) is 0 Å². The van der Waals surface area contributed by atoms with Gasteiger partial charge in [0.2, 0.25) is 11.8 Å². The Bertz CT molecular complexity index is 431. The van der Waals surface area contributed by atoms with Crippen LogP contribution in [0.25, 0.3) is 0 Å². The third-order valence-corrected chi connectivity index (χ3v) is 4.08. The van der Waals surface area contributed by atoms with Crippen molar-refractivity contribution in [2.45, 2.75) is 39.2 Å². The van der Waals surface area contributed by atoms with Crippen molar-refractivity contribution in [2.24, 2.45) is 11.7 Å². The molecule has 0 aliphatic carbocycles. The van der Waals surface area contributed by atoms with Gasteiger partial charge in [0.05, 0.1) is 0 Å². The molecule has 7 nitrogen and oxygen atoms in total. The zero-order valence-electron chi connectivity index (χ0n) is 14.4. The van der Waals surface area contributed by atoms with Crippen LogP contribution in [0, 0.1) is 5.92 Å². The zero-order valence-corrected chi connectivity index (χ0v) is 15.3. The van der Waals surface area contributed by atoms with Gasteiger partial charge in [-0.05, 0) is 18.8 Å². The number of nitrogens with zero attached hydrogens (tertiary/aromatic N) is 3. The van der Waals surface area contributed by atoms with Crippen LogP contribution in [0.2, 0.25) is 0 Å². The Hall–Kier alpha value is -1.34. The number of hydrogen-bond acceptors (Lipinski definition) is 4. The molecule has 1 heterocycles. The van der Waals surface area contributed by atoms with Crippen LogP contribution in [0.1, 0.15) is 33.1 Å². The third kappa shape index (κ3) is 6.35. The number of likely N-dealkylation sites (N-methyl/N-ethyl adjacent to an activating group) is 1. The summed E-state index contributed by atoms with van der Waals surface area (Å²) < 4.78 is 0. The van der Waals surface area contributed by atoms with Crippen molar-refractivity contribution in [3.63, 3.8) is 0 Å². The number of carbonyl (C=O) groups excluding carboxylic acids is 3. The van der Waals surface area contributed by atoms with E-state index in [1.54, 1.807) is 19.0 Å². The molecule has 0 aromatic rings. The van der Waals surface area contributed by atoms with Gasteiger partial charge in [-0.1, -0.05) is 13.8 Å². The van der Waals surface area contributed by atoms with Gasteiger partial charge in [0.25, 0.3) is 0 Å². The summed E-state index contributed by atoms with van der Waals surface area (Å²) in [6.45, 7) is 5.18. The maximum atomic E-state index is 12.0. The lowest BCUT2D eigenvalue weighted by molar-refractivity contribution is -0.131. The number of amides is 4. The van der Waals surface area contributed by atoms with Crippen LogP contribution >= 0.6 is 12.4 Å². The third-order valence-electron chi connectivity index (χ3n) is 4.08. The van der Waals surface area contributed by atoms with Crippen LogP contribution in [0.15, 0.2) is 0 Å². The molecule has 0 radical (unpaired) electrons. The SMILES string of the molecule is CC(C)C(N)CCN(C)C(=O)CCCN1C(=O)CN(C)C1=O.Cl. The van der Waals surface area contributed by atoms with Gasteiger partial charge in [0.15, 0.2) is 0 Å². The minimum Gasteiger partial charge on any atom is -0.346 e. The maximum Gasteiger partial charge on any atom is 0.326 e. The molecular formula is C15H29ClN4O3. The van der Waals surface area contributed by atoms with Gasteiger partial charge in [-0.3, -0.25) is 14.5 Å². The molecule has 1 rings (SSSR count). The Kier molecular flexibility index (Phi) is 9.16. The fraction of sp³-hybridized carbons (Fsp3) is 0.800. The van der Waals surface area contributed by atoms with E-state index >= 15 is 0 Å². The Morgan fingerprint density at radius 1 is 1.35 bits per heavy atom. The molecule has 1 aliphatic heterocycles. The monoisotopic (exact) mass is 348 g/mol. The second kappa shape index (κ2) is 9.72. The highest BCUT2D eigenvalue weighted by atomic mass is 35.5. The first kappa shape index (κ1) is 21.7. The Morgan fingerprint density at radius 3 is 2.43 bits per heavy atom. The van der Waals surface area contributed by atoms with Crippen molar-refractivity contribution in [2.75, 3.05) is 33.7 Å². The van der Waals surface area contributed by atoms with E-state index in [0.717, 1.165) is 6.42 Å². The largest absolute Gasteiger partial charge is 0.346 e. The number of nitrogens with two attached hydrogens (primary N) is 1. The number of rotatable bonds is 8. The summed E-state index contributed by atoms with van der Waals surface area (Å²) >= 11 is 0. The lowest BCUT2D eigenvalue weighted by atomic mass is 10.0. The summed E-state index contributed by atoms with van der Waals surface area (Å²) in [6, 6.07) is -0.195. The summed E-state index contributed by atoms with van der Waals surface area (Å²) in [5, 5.41) is 0. The first-order chi connectivity index (χ1) is 10.2. The molecule has 23 heavy (non-hydrogen) atoms. The van der Waals surface area contributed by atoms with Crippen LogP contribution in [0.3, 0.4) is 0 Å². The topological polar surface area (TPSA) is 86.9 Å².